The highest BCUT2D eigenvalue weighted by Crippen LogP contribution is 2.36. The molecule has 0 aliphatic carbocycles. The fraction of sp³-hybridized carbons (Fsp3) is 0.538. The van der Waals surface area contributed by atoms with Crippen LogP contribution in [0.5, 0.6) is 0 Å². The van der Waals surface area contributed by atoms with Crippen LogP contribution in [-0.2, 0) is 0 Å². The van der Waals surface area contributed by atoms with Crippen LogP contribution in [0.2, 0.25) is 0 Å². The zero-order valence-corrected chi connectivity index (χ0v) is 10.6. The predicted octanol–water partition coefficient (Wildman–Crippen LogP) is 3.29. The molecule has 2 atom stereocenters. The Morgan fingerprint density at radius 1 is 1.50 bits per heavy atom. The Bertz CT molecular complexity index is 361. The first kappa shape index (κ1) is 11.9. The number of aryl methyl sites for hydroxylation is 1. The minimum Gasteiger partial charge on any atom is -0.312 e. The first-order chi connectivity index (χ1) is 7.72. The lowest BCUT2D eigenvalue weighted by atomic mass is 9.97. The summed E-state index contributed by atoms with van der Waals surface area (Å²) in [6.07, 6.45) is 2.56. The van der Waals surface area contributed by atoms with E-state index in [1.54, 1.807) is 12.1 Å². The van der Waals surface area contributed by atoms with Crippen molar-refractivity contribution in [3.63, 3.8) is 0 Å². The number of rotatable bonds is 3. The zero-order valence-electron chi connectivity index (χ0n) is 9.79. The van der Waals surface area contributed by atoms with Gasteiger partial charge in [-0.15, -0.1) is 0 Å². The molecule has 16 heavy (non-hydrogen) atoms. The fourth-order valence-corrected chi connectivity index (χ4v) is 3.84. The Kier molecular flexibility index (Phi) is 3.87. The van der Waals surface area contributed by atoms with Crippen molar-refractivity contribution in [1.82, 2.24) is 5.32 Å². The molecule has 0 bridgehead atoms. The highest BCUT2D eigenvalue weighted by Gasteiger charge is 2.26. The van der Waals surface area contributed by atoms with Crippen molar-refractivity contribution in [2.24, 2.45) is 0 Å². The smallest absolute Gasteiger partial charge is 0.123 e. The molecule has 1 nitrogen and oxygen atoms in total. The number of halogens is 1. The van der Waals surface area contributed by atoms with Gasteiger partial charge >= 0.3 is 0 Å². The SMILES string of the molecule is CNC(c1ccc(F)cc1C)C1CCCS1. The maximum Gasteiger partial charge on any atom is 0.123 e. The monoisotopic (exact) mass is 239 g/mol. The molecule has 2 unspecified atom stereocenters. The van der Waals surface area contributed by atoms with Gasteiger partial charge in [0.15, 0.2) is 0 Å². The third-order valence-corrected chi connectivity index (χ3v) is 4.68. The van der Waals surface area contributed by atoms with Crippen LogP contribution in [0.4, 0.5) is 4.39 Å². The van der Waals surface area contributed by atoms with Gasteiger partial charge in [0.1, 0.15) is 5.82 Å². The Morgan fingerprint density at radius 3 is 2.88 bits per heavy atom. The molecule has 0 saturated carbocycles. The summed E-state index contributed by atoms with van der Waals surface area (Å²) in [7, 11) is 1.99. The minimum absolute atomic E-state index is 0.143. The summed E-state index contributed by atoms with van der Waals surface area (Å²) < 4.78 is 13.1. The number of hydrogen-bond acceptors (Lipinski definition) is 2. The summed E-state index contributed by atoms with van der Waals surface area (Å²) in [6.45, 7) is 1.99. The van der Waals surface area contributed by atoms with Crippen LogP contribution < -0.4 is 5.32 Å². The molecule has 1 saturated heterocycles. The number of nitrogens with one attached hydrogen (secondary N) is 1. The van der Waals surface area contributed by atoms with Gasteiger partial charge in [-0.05, 0) is 55.8 Å². The Labute approximate surface area is 101 Å². The Hall–Kier alpha value is -0.540. The maximum absolute atomic E-state index is 13.1. The molecule has 0 aromatic heterocycles. The van der Waals surface area contributed by atoms with Crippen LogP contribution in [0.15, 0.2) is 18.2 Å². The summed E-state index contributed by atoms with van der Waals surface area (Å²) in [5, 5.41) is 4.01. The average molecular weight is 239 g/mol. The summed E-state index contributed by atoms with van der Waals surface area (Å²) in [5.74, 6) is 1.11. The van der Waals surface area contributed by atoms with E-state index < -0.39 is 0 Å². The van der Waals surface area contributed by atoms with Crippen molar-refractivity contribution in [1.29, 1.82) is 0 Å². The van der Waals surface area contributed by atoms with Crippen molar-refractivity contribution >= 4 is 11.8 Å². The molecule has 1 fully saturated rings. The van der Waals surface area contributed by atoms with Gasteiger partial charge < -0.3 is 5.32 Å². The van der Waals surface area contributed by atoms with E-state index in [1.165, 1.54) is 24.2 Å². The van der Waals surface area contributed by atoms with Crippen molar-refractivity contribution in [3.05, 3.63) is 35.1 Å². The molecule has 0 amide bonds. The lowest BCUT2D eigenvalue weighted by Gasteiger charge is -2.24. The highest BCUT2D eigenvalue weighted by atomic mass is 32.2. The molecular weight excluding hydrogens is 221 g/mol. The Morgan fingerprint density at radius 2 is 2.31 bits per heavy atom. The van der Waals surface area contributed by atoms with E-state index in [0.717, 1.165) is 5.56 Å². The second-order valence-electron chi connectivity index (χ2n) is 4.32. The molecule has 1 aliphatic rings. The van der Waals surface area contributed by atoms with Crippen LogP contribution >= 0.6 is 11.8 Å². The van der Waals surface area contributed by atoms with Crippen LogP contribution in [0.3, 0.4) is 0 Å². The average Bonchev–Trinajstić information content (AvgIpc) is 2.75. The largest absolute Gasteiger partial charge is 0.312 e. The third-order valence-electron chi connectivity index (χ3n) is 3.21. The van der Waals surface area contributed by atoms with E-state index in [2.05, 4.69) is 5.32 Å². The molecule has 88 valence electrons. The second-order valence-corrected chi connectivity index (χ2v) is 5.67. The number of benzene rings is 1. The van der Waals surface area contributed by atoms with Crippen LogP contribution in [0.25, 0.3) is 0 Å². The highest BCUT2D eigenvalue weighted by molar-refractivity contribution is 8.00. The van der Waals surface area contributed by atoms with Crippen LogP contribution in [-0.4, -0.2) is 18.1 Å². The Balaban J connectivity index is 2.25. The van der Waals surface area contributed by atoms with Gasteiger partial charge in [-0.1, -0.05) is 6.07 Å². The quantitative estimate of drug-likeness (QED) is 0.868. The summed E-state index contributed by atoms with van der Waals surface area (Å²) in [4.78, 5) is 0. The topological polar surface area (TPSA) is 12.0 Å². The van der Waals surface area contributed by atoms with Gasteiger partial charge in [0.25, 0.3) is 0 Å². The fourth-order valence-electron chi connectivity index (χ4n) is 2.40. The summed E-state index contributed by atoms with van der Waals surface area (Å²) in [6, 6.07) is 5.46. The first-order valence-electron chi connectivity index (χ1n) is 5.77. The van der Waals surface area contributed by atoms with Gasteiger partial charge in [0, 0.05) is 11.3 Å². The minimum atomic E-state index is -0.143. The van der Waals surface area contributed by atoms with Gasteiger partial charge in [-0.25, -0.2) is 4.39 Å². The number of hydrogen-bond donors (Lipinski definition) is 1. The van der Waals surface area contributed by atoms with E-state index in [4.69, 9.17) is 0 Å². The predicted molar refractivity (Wildman–Crippen MR) is 68.4 cm³/mol. The van der Waals surface area contributed by atoms with E-state index >= 15 is 0 Å². The molecular formula is C13H18FNS. The summed E-state index contributed by atoms with van der Waals surface area (Å²) >= 11 is 2.03. The van der Waals surface area contributed by atoms with Gasteiger partial charge in [-0.3, -0.25) is 0 Å². The second kappa shape index (κ2) is 5.19. The molecule has 1 aliphatic heterocycles. The standard InChI is InChI=1S/C13H18FNS/c1-9-8-10(14)5-6-11(9)13(15-2)12-4-3-7-16-12/h5-6,8,12-13,15H,3-4,7H2,1-2H3. The van der Waals surface area contributed by atoms with Crippen molar-refractivity contribution in [2.45, 2.75) is 31.1 Å². The van der Waals surface area contributed by atoms with Crippen molar-refractivity contribution in [2.75, 3.05) is 12.8 Å². The lowest BCUT2D eigenvalue weighted by Crippen LogP contribution is -2.26. The summed E-state index contributed by atoms with van der Waals surface area (Å²) in [5.41, 5.74) is 2.29. The van der Waals surface area contributed by atoms with Crippen LogP contribution in [0, 0.1) is 12.7 Å². The normalized spacial score (nSPS) is 22.3. The lowest BCUT2D eigenvalue weighted by molar-refractivity contribution is 0.546. The molecule has 1 aromatic rings. The molecule has 0 radical (unpaired) electrons. The van der Waals surface area contributed by atoms with Crippen molar-refractivity contribution in [3.8, 4) is 0 Å². The van der Waals surface area contributed by atoms with E-state index in [1.807, 2.05) is 31.8 Å². The molecule has 3 heteroatoms. The van der Waals surface area contributed by atoms with E-state index in [-0.39, 0.29) is 5.82 Å². The molecule has 0 spiro atoms. The number of thioether (sulfide) groups is 1. The zero-order chi connectivity index (χ0) is 11.5. The van der Waals surface area contributed by atoms with E-state index in [9.17, 15) is 4.39 Å². The molecule has 2 rings (SSSR count). The molecule has 1 N–H and O–H groups in total. The van der Waals surface area contributed by atoms with Gasteiger partial charge in [0.2, 0.25) is 0 Å². The third kappa shape index (κ3) is 2.41. The molecule has 1 heterocycles. The van der Waals surface area contributed by atoms with E-state index in [0.29, 0.717) is 11.3 Å². The van der Waals surface area contributed by atoms with Gasteiger partial charge in [-0.2, -0.15) is 11.8 Å². The first-order valence-corrected chi connectivity index (χ1v) is 6.82. The maximum atomic E-state index is 13.1. The molecule has 1 aromatic carbocycles. The van der Waals surface area contributed by atoms with Crippen LogP contribution in [0.1, 0.15) is 30.0 Å². The van der Waals surface area contributed by atoms with Gasteiger partial charge in [0.05, 0.1) is 0 Å². The van der Waals surface area contributed by atoms with Crippen molar-refractivity contribution < 1.29 is 4.39 Å².